The summed E-state index contributed by atoms with van der Waals surface area (Å²) < 4.78 is 5.01. The summed E-state index contributed by atoms with van der Waals surface area (Å²) in [5.41, 5.74) is 1.16. The molecule has 1 heterocycles. The summed E-state index contributed by atoms with van der Waals surface area (Å²) >= 11 is 5.82. The largest absolute Gasteiger partial charge is 0.338 e. The number of benzene rings is 1. The lowest BCUT2D eigenvalue weighted by Gasteiger charge is -1.94. The van der Waals surface area contributed by atoms with E-state index in [0.717, 1.165) is 5.56 Å². The fourth-order valence-corrected chi connectivity index (χ4v) is 1.37. The Kier molecular flexibility index (Phi) is 3.02. The number of hydrogen-bond acceptors (Lipinski definition) is 3. The van der Waals surface area contributed by atoms with Crippen LogP contribution in [0, 0.1) is 0 Å². The van der Waals surface area contributed by atoms with Gasteiger partial charge in [0.2, 0.25) is 5.89 Å². The van der Waals surface area contributed by atoms with Gasteiger partial charge < -0.3 is 4.52 Å². The van der Waals surface area contributed by atoms with Crippen molar-refractivity contribution < 1.29 is 4.52 Å². The van der Waals surface area contributed by atoms with Crippen LogP contribution in [0.4, 0.5) is 0 Å². The van der Waals surface area contributed by atoms with Crippen LogP contribution in [-0.4, -0.2) is 10.1 Å². The van der Waals surface area contributed by atoms with Gasteiger partial charge in [-0.05, 0) is 12.5 Å². The molecule has 2 aromatic rings. The molecule has 0 radical (unpaired) electrons. The number of aromatic nitrogens is 2. The topological polar surface area (TPSA) is 38.9 Å². The smallest absolute Gasteiger partial charge is 0.244 e. The van der Waals surface area contributed by atoms with Crippen LogP contribution in [0.25, 0.3) is 0 Å². The first-order valence-electron chi connectivity index (χ1n) is 4.76. The summed E-state index contributed by atoms with van der Waals surface area (Å²) in [7, 11) is 0. The summed E-state index contributed by atoms with van der Waals surface area (Å²) in [4.78, 5) is 4.20. The zero-order valence-electron chi connectivity index (χ0n) is 8.35. The SMILES string of the molecule is C[C@@H](Cl)c1nc(Cc2ccccc2)no1. The van der Waals surface area contributed by atoms with E-state index < -0.39 is 0 Å². The quantitative estimate of drug-likeness (QED) is 0.750. The highest BCUT2D eigenvalue weighted by Crippen LogP contribution is 2.17. The third-order valence-corrected chi connectivity index (χ3v) is 2.22. The van der Waals surface area contributed by atoms with Gasteiger partial charge in [0.15, 0.2) is 5.82 Å². The second-order valence-corrected chi connectivity index (χ2v) is 3.98. The number of nitrogens with zero attached hydrogens (tertiary/aromatic N) is 2. The van der Waals surface area contributed by atoms with Gasteiger partial charge in [-0.15, -0.1) is 11.6 Å². The molecule has 0 aliphatic carbocycles. The van der Waals surface area contributed by atoms with Crippen molar-refractivity contribution in [1.82, 2.24) is 10.1 Å². The normalized spacial score (nSPS) is 12.7. The maximum absolute atomic E-state index is 5.82. The first-order chi connectivity index (χ1) is 7.25. The third kappa shape index (κ3) is 2.57. The highest BCUT2D eigenvalue weighted by Gasteiger charge is 2.11. The van der Waals surface area contributed by atoms with Crippen LogP contribution in [0.1, 0.15) is 29.6 Å². The monoisotopic (exact) mass is 222 g/mol. The molecular formula is C11H11ClN2O. The summed E-state index contributed by atoms with van der Waals surface area (Å²) in [6, 6.07) is 10.0. The minimum atomic E-state index is -0.234. The van der Waals surface area contributed by atoms with E-state index in [9.17, 15) is 0 Å². The average molecular weight is 223 g/mol. The molecule has 3 nitrogen and oxygen atoms in total. The molecule has 1 aromatic carbocycles. The number of halogens is 1. The Morgan fingerprint density at radius 3 is 2.67 bits per heavy atom. The zero-order chi connectivity index (χ0) is 10.7. The van der Waals surface area contributed by atoms with Crippen molar-refractivity contribution in [1.29, 1.82) is 0 Å². The van der Waals surface area contributed by atoms with E-state index in [0.29, 0.717) is 18.1 Å². The van der Waals surface area contributed by atoms with E-state index in [4.69, 9.17) is 16.1 Å². The third-order valence-electron chi connectivity index (χ3n) is 2.03. The molecule has 0 fully saturated rings. The Bertz CT molecular complexity index is 425. The molecule has 0 aliphatic rings. The molecule has 0 spiro atoms. The van der Waals surface area contributed by atoms with Crippen molar-refractivity contribution in [3.05, 3.63) is 47.6 Å². The first-order valence-corrected chi connectivity index (χ1v) is 5.20. The van der Waals surface area contributed by atoms with E-state index in [1.54, 1.807) is 6.92 Å². The lowest BCUT2D eigenvalue weighted by molar-refractivity contribution is 0.374. The molecule has 0 amide bonds. The summed E-state index contributed by atoms with van der Waals surface area (Å²) in [6.45, 7) is 1.81. The standard InChI is InChI=1S/C11H11ClN2O/c1-8(12)11-13-10(14-15-11)7-9-5-3-2-4-6-9/h2-6,8H,7H2,1H3/t8-/m1/s1. The zero-order valence-corrected chi connectivity index (χ0v) is 9.11. The van der Waals surface area contributed by atoms with Gasteiger partial charge in [-0.2, -0.15) is 4.98 Å². The van der Waals surface area contributed by atoms with Crippen LogP contribution >= 0.6 is 11.6 Å². The van der Waals surface area contributed by atoms with Crippen molar-refractivity contribution >= 4 is 11.6 Å². The second kappa shape index (κ2) is 4.45. The summed E-state index contributed by atoms with van der Waals surface area (Å²) in [6.07, 6.45) is 0.675. The van der Waals surface area contributed by atoms with Crippen LogP contribution in [0.2, 0.25) is 0 Å². The molecule has 1 aromatic heterocycles. The lowest BCUT2D eigenvalue weighted by atomic mass is 10.1. The fourth-order valence-electron chi connectivity index (χ4n) is 1.28. The molecule has 0 aliphatic heterocycles. The van der Waals surface area contributed by atoms with Gasteiger partial charge in [-0.3, -0.25) is 0 Å². The second-order valence-electron chi connectivity index (χ2n) is 3.33. The average Bonchev–Trinajstić information content (AvgIpc) is 2.68. The molecule has 2 rings (SSSR count). The van der Waals surface area contributed by atoms with Crippen molar-refractivity contribution in [2.75, 3.05) is 0 Å². The van der Waals surface area contributed by atoms with E-state index in [1.165, 1.54) is 0 Å². The maximum atomic E-state index is 5.82. The molecule has 0 saturated heterocycles. The van der Waals surface area contributed by atoms with E-state index in [2.05, 4.69) is 10.1 Å². The maximum Gasteiger partial charge on any atom is 0.244 e. The van der Waals surface area contributed by atoms with Gasteiger partial charge >= 0.3 is 0 Å². The van der Waals surface area contributed by atoms with Crippen molar-refractivity contribution in [2.24, 2.45) is 0 Å². The van der Waals surface area contributed by atoms with Gasteiger partial charge in [0.1, 0.15) is 5.38 Å². The van der Waals surface area contributed by atoms with Gasteiger partial charge in [-0.1, -0.05) is 35.5 Å². The Morgan fingerprint density at radius 2 is 2.07 bits per heavy atom. The Morgan fingerprint density at radius 1 is 1.33 bits per heavy atom. The van der Waals surface area contributed by atoms with Crippen molar-refractivity contribution in [3.8, 4) is 0 Å². The number of rotatable bonds is 3. The Balaban J connectivity index is 2.12. The molecule has 15 heavy (non-hydrogen) atoms. The Labute approximate surface area is 93.1 Å². The van der Waals surface area contributed by atoms with Crippen LogP contribution in [0.3, 0.4) is 0 Å². The summed E-state index contributed by atoms with van der Waals surface area (Å²) in [5, 5.41) is 3.63. The number of hydrogen-bond donors (Lipinski definition) is 0. The minimum Gasteiger partial charge on any atom is -0.338 e. The molecule has 0 unspecified atom stereocenters. The van der Waals surface area contributed by atoms with Gasteiger partial charge in [0, 0.05) is 6.42 Å². The van der Waals surface area contributed by atoms with Gasteiger partial charge in [-0.25, -0.2) is 0 Å². The molecule has 0 saturated carbocycles. The van der Waals surface area contributed by atoms with Gasteiger partial charge in [0.25, 0.3) is 0 Å². The van der Waals surface area contributed by atoms with E-state index in [-0.39, 0.29) is 5.38 Å². The fraction of sp³-hybridized carbons (Fsp3) is 0.273. The highest BCUT2D eigenvalue weighted by atomic mass is 35.5. The highest BCUT2D eigenvalue weighted by molar-refractivity contribution is 6.20. The predicted octanol–water partition coefficient (Wildman–Crippen LogP) is 2.96. The molecule has 1 atom stereocenters. The molecular weight excluding hydrogens is 212 g/mol. The van der Waals surface area contributed by atoms with Crippen LogP contribution in [-0.2, 0) is 6.42 Å². The van der Waals surface area contributed by atoms with Crippen molar-refractivity contribution in [3.63, 3.8) is 0 Å². The number of alkyl halides is 1. The van der Waals surface area contributed by atoms with Crippen LogP contribution < -0.4 is 0 Å². The molecule has 4 heteroatoms. The summed E-state index contributed by atoms with van der Waals surface area (Å²) in [5.74, 6) is 1.14. The van der Waals surface area contributed by atoms with Crippen LogP contribution in [0.5, 0.6) is 0 Å². The van der Waals surface area contributed by atoms with E-state index >= 15 is 0 Å². The van der Waals surface area contributed by atoms with Gasteiger partial charge in [0.05, 0.1) is 0 Å². The molecule has 0 bridgehead atoms. The van der Waals surface area contributed by atoms with Crippen molar-refractivity contribution in [2.45, 2.75) is 18.7 Å². The lowest BCUT2D eigenvalue weighted by Crippen LogP contribution is -1.91. The van der Waals surface area contributed by atoms with E-state index in [1.807, 2.05) is 30.3 Å². The predicted molar refractivity (Wildman–Crippen MR) is 57.8 cm³/mol. The minimum absolute atomic E-state index is 0.234. The Hall–Kier alpha value is -1.35. The van der Waals surface area contributed by atoms with Crippen LogP contribution in [0.15, 0.2) is 34.9 Å². The molecule has 78 valence electrons. The molecule has 0 N–H and O–H groups in total. The first kappa shape index (κ1) is 10.2.